The minimum atomic E-state index is -0.535. The summed E-state index contributed by atoms with van der Waals surface area (Å²) in [7, 11) is 0. The van der Waals surface area contributed by atoms with Crippen LogP contribution in [0.3, 0.4) is 0 Å². The molecule has 1 aliphatic rings. The van der Waals surface area contributed by atoms with Gasteiger partial charge in [-0.05, 0) is 19.4 Å². The van der Waals surface area contributed by atoms with Crippen molar-refractivity contribution in [2.24, 2.45) is 0 Å². The van der Waals surface area contributed by atoms with Gasteiger partial charge in [0.25, 0.3) is 0 Å². The van der Waals surface area contributed by atoms with Crippen LogP contribution in [0.25, 0.3) is 11.4 Å². The van der Waals surface area contributed by atoms with E-state index >= 15 is 0 Å². The first kappa shape index (κ1) is 16.9. The van der Waals surface area contributed by atoms with Crippen molar-refractivity contribution in [2.45, 2.75) is 25.9 Å². The summed E-state index contributed by atoms with van der Waals surface area (Å²) in [4.78, 5) is 6.82. The van der Waals surface area contributed by atoms with Gasteiger partial charge in [-0.3, -0.25) is 4.90 Å². The van der Waals surface area contributed by atoms with Gasteiger partial charge in [-0.1, -0.05) is 36.4 Å². The summed E-state index contributed by atoms with van der Waals surface area (Å²) in [6, 6.07) is 14.3. The van der Waals surface area contributed by atoms with Gasteiger partial charge in [0.15, 0.2) is 0 Å². The van der Waals surface area contributed by atoms with Crippen LogP contribution in [0.15, 0.2) is 54.7 Å². The van der Waals surface area contributed by atoms with Crippen molar-refractivity contribution in [3.63, 3.8) is 0 Å². The molecule has 0 bridgehead atoms. The lowest BCUT2D eigenvalue weighted by Crippen LogP contribution is -2.22. The topological polar surface area (TPSA) is 21.1 Å². The van der Waals surface area contributed by atoms with Gasteiger partial charge in [-0.15, -0.1) is 0 Å². The van der Waals surface area contributed by atoms with E-state index in [-0.39, 0.29) is 0 Å². The fourth-order valence-corrected chi connectivity index (χ4v) is 3.77. The molecule has 1 saturated heterocycles. The number of hydrogen-bond donors (Lipinski definition) is 0. The van der Waals surface area contributed by atoms with Crippen molar-refractivity contribution in [1.29, 1.82) is 0 Å². The Bertz CT molecular complexity index is 905. The van der Waals surface area contributed by atoms with Gasteiger partial charge in [0, 0.05) is 54.8 Å². The van der Waals surface area contributed by atoms with Crippen LogP contribution < -0.4 is 0 Å². The smallest absolute Gasteiger partial charge is 0.140 e. The molecule has 5 heteroatoms. The summed E-state index contributed by atoms with van der Waals surface area (Å²) in [6.07, 6.45) is 2.89. The molecule has 1 aliphatic heterocycles. The van der Waals surface area contributed by atoms with Crippen LogP contribution in [0.1, 0.15) is 23.7 Å². The highest BCUT2D eigenvalue weighted by molar-refractivity contribution is 5.56. The maximum Gasteiger partial charge on any atom is 0.140 e. The fourth-order valence-electron chi connectivity index (χ4n) is 3.77. The molecule has 1 aromatic heterocycles. The molecule has 134 valence electrons. The molecule has 2 heterocycles. The molecule has 0 amide bonds. The van der Waals surface area contributed by atoms with E-state index in [1.165, 1.54) is 12.1 Å². The van der Waals surface area contributed by atoms with E-state index in [2.05, 4.69) is 33.5 Å². The molecular weight excluding hydrogens is 332 g/mol. The SMILES string of the molecule is Cc1cnc(-c2ccccc2)n1C1CCN(Cc2ccc(F)cc2F)C1. The third-order valence-corrected chi connectivity index (χ3v) is 5.04. The predicted octanol–water partition coefficient (Wildman–Crippen LogP) is 4.58. The Labute approximate surface area is 151 Å². The lowest BCUT2D eigenvalue weighted by molar-refractivity contribution is 0.310. The van der Waals surface area contributed by atoms with Crippen LogP contribution >= 0.6 is 0 Å². The first-order chi connectivity index (χ1) is 12.6. The summed E-state index contributed by atoms with van der Waals surface area (Å²) in [5.41, 5.74) is 2.77. The van der Waals surface area contributed by atoms with Gasteiger partial charge < -0.3 is 4.57 Å². The lowest BCUT2D eigenvalue weighted by atomic mass is 10.2. The van der Waals surface area contributed by atoms with Gasteiger partial charge >= 0.3 is 0 Å². The van der Waals surface area contributed by atoms with Crippen LogP contribution in [-0.4, -0.2) is 27.5 Å². The third kappa shape index (κ3) is 3.27. The van der Waals surface area contributed by atoms with E-state index in [4.69, 9.17) is 0 Å². The van der Waals surface area contributed by atoms with Gasteiger partial charge in [0.1, 0.15) is 17.5 Å². The summed E-state index contributed by atoms with van der Waals surface area (Å²) in [6.45, 7) is 4.28. The third-order valence-electron chi connectivity index (χ3n) is 5.04. The van der Waals surface area contributed by atoms with E-state index in [1.54, 1.807) is 0 Å². The number of halogens is 2. The molecule has 26 heavy (non-hydrogen) atoms. The maximum atomic E-state index is 13.9. The fraction of sp³-hybridized carbons (Fsp3) is 0.286. The largest absolute Gasteiger partial charge is 0.324 e. The quantitative estimate of drug-likeness (QED) is 0.684. The zero-order chi connectivity index (χ0) is 18.1. The predicted molar refractivity (Wildman–Crippen MR) is 97.7 cm³/mol. The van der Waals surface area contributed by atoms with E-state index in [0.717, 1.165) is 42.7 Å². The highest BCUT2D eigenvalue weighted by Crippen LogP contribution is 2.30. The first-order valence-electron chi connectivity index (χ1n) is 8.87. The average molecular weight is 353 g/mol. The molecule has 1 atom stereocenters. The standard InChI is InChI=1S/C21H21F2N3/c1-15-12-24-21(16-5-3-2-4-6-16)26(15)19-9-10-25(14-19)13-17-7-8-18(22)11-20(17)23/h2-8,11-12,19H,9-10,13-14H2,1H3. The average Bonchev–Trinajstić information content (AvgIpc) is 3.24. The minimum Gasteiger partial charge on any atom is -0.324 e. The summed E-state index contributed by atoms with van der Waals surface area (Å²) in [5, 5.41) is 0. The molecule has 1 unspecified atom stereocenters. The molecule has 3 aromatic rings. The summed E-state index contributed by atoms with van der Waals surface area (Å²) in [5.74, 6) is -0.0350. The molecule has 2 aromatic carbocycles. The van der Waals surface area contributed by atoms with Crippen molar-refractivity contribution in [2.75, 3.05) is 13.1 Å². The number of aryl methyl sites for hydroxylation is 1. The second-order valence-electron chi connectivity index (χ2n) is 6.87. The highest BCUT2D eigenvalue weighted by Gasteiger charge is 2.27. The van der Waals surface area contributed by atoms with Gasteiger partial charge in [-0.25, -0.2) is 13.8 Å². The van der Waals surface area contributed by atoms with E-state index in [1.807, 2.05) is 24.4 Å². The molecule has 0 saturated carbocycles. The monoisotopic (exact) mass is 353 g/mol. The van der Waals surface area contributed by atoms with Crippen molar-refractivity contribution in [1.82, 2.24) is 14.5 Å². The highest BCUT2D eigenvalue weighted by atomic mass is 19.1. The number of likely N-dealkylation sites (tertiary alicyclic amines) is 1. The number of imidazole rings is 1. The lowest BCUT2D eigenvalue weighted by Gasteiger charge is -2.20. The zero-order valence-corrected chi connectivity index (χ0v) is 14.7. The van der Waals surface area contributed by atoms with Crippen molar-refractivity contribution in [3.05, 3.63) is 77.6 Å². The van der Waals surface area contributed by atoms with Gasteiger partial charge in [0.05, 0.1) is 0 Å². The van der Waals surface area contributed by atoms with Crippen molar-refractivity contribution < 1.29 is 8.78 Å². The van der Waals surface area contributed by atoms with E-state index < -0.39 is 11.6 Å². The van der Waals surface area contributed by atoms with Crippen LogP contribution in [0.4, 0.5) is 8.78 Å². The van der Waals surface area contributed by atoms with Crippen LogP contribution in [0.2, 0.25) is 0 Å². The summed E-state index contributed by atoms with van der Waals surface area (Å²) < 4.78 is 29.3. The van der Waals surface area contributed by atoms with Gasteiger partial charge in [-0.2, -0.15) is 0 Å². The molecule has 0 spiro atoms. The Morgan fingerprint density at radius 1 is 1.12 bits per heavy atom. The molecular formula is C21H21F2N3. The zero-order valence-electron chi connectivity index (χ0n) is 14.7. The normalized spacial score (nSPS) is 17.7. The molecule has 0 radical (unpaired) electrons. The number of rotatable bonds is 4. The number of benzene rings is 2. The molecule has 4 rings (SSSR count). The summed E-state index contributed by atoms with van der Waals surface area (Å²) >= 11 is 0. The molecule has 3 nitrogen and oxygen atoms in total. The Kier molecular flexibility index (Phi) is 4.55. The Morgan fingerprint density at radius 2 is 1.92 bits per heavy atom. The Hall–Kier alpha value is -2.53. The number of hydrogen-bond acceptors (Lipinski definition) is 2. The van der Waals surface area contributed by atoms with Crippen LogP contribution in [0.5, 0.6) is 0 Å². The maximum absolute atomic E-state index is 13.9. The molecule has 0 N–H and O–H groups in total. The van der Waals surface area contributed by atoms with E-state index in [9.17, 15) is 8.78 Å². The van der Waals surface area contributed by atoms with Crippen molar-refractivity contribution >= 4 is 0 Å². The van der Waals surface area contributed by atoms with Crippen LogP contribution in [-0.2, 0) is 6.54 Å². The first-order valence-corrected chi connectivity index (χ1v) is 8.87. The van der Waals surface area contributed by atoms with E-state index in [0.29, 0.717) is 18.2 Å². The Balaban J connectivity index is 1.54. The second kappa shape index (κ2) is 7.00. The number of aromatic nitrogens is 2. The van der Waals surface area contributed by atoms with Gasteiger partial charge in [0.2, 0.25) is 0 Å². The molecule has 1 fully saturated rings. The second-order valence-corrected chi connectivity index (χ2v) is 6.87. The minimum absolute atomic E-state index is 0.302. The van der Waals surface area contributed by atoms with Crippen molar-refractivity contribution in [3.8, 4) is 11.4 Å². The Morgan fingerprint density at radius 3 is 2.69 bits per heavy atom. The molecule has 0 aliphatic carbocycles. The number of nitrogens with zero attached hydrogens (tertiary/aromatic N) is 3. The van der Waals surface area contributed by atoms with Crippen LogP contribution in [0, 0.1) is 18.6 Å².